The molecule has 2 rings (SSSR count). The van der Waals surface area contributed by atoms with Crippen LogP contribution in [0.15, 0.2) is 18.2 Å². The second-order valence-electron chi connectivity index (χ2n) is 5.49. The van der Waals surface area contributed by atoms with Crippen LogP contribution in [-0.2, 0) is 0 Å². The molecule has 0 spiro atoms. The van der Waals surface area contributed by atoms with Crippen molar-refractivity contribution in [3.8, 4) is 0 Å². The maximum Gasteiger partial charge on any atom is 0.270 e. The minimum atomic E-state index is -0.387. The van der Waals surface area contributed by atoms with Gasteiger partial charge >= 0.3 is 0 Å². The second-order valence-corrected chi connectivity index (χ2v) is 6.66. The number of hydrogen-bond donors (Lipinski definition) is 2. The lowest BCUT2D eigenvalue weighted by Crippen LogP contribution is -2.35. The summed E-state index contributed by atoms with van der Waals surface area (Å²) >= 11 is 2.10. The van der Waals surface area contributed by atoms with E-state index >= 15 is 0 Å². The van der Waals surface area contributed by atoms with Crippen LogP contribution in [0.25, 0.3) is 0 Å². The Balaban J connectivity index is 2.04. The van der Waals surface area contributed by atoms with Gasteiger partial charge in [0.25, 0.3) is 5.69 Å². The van der Waals surface area contributed by atoms with Crippen LogP contribution in [0.4, 0.5) is 11.4 Å². The number of non-ortho nitro benzene ring substituents is 1. The lowest BCUT2D eigenvalue weighted by atomic mass is 9.74. The lowest BCUT2D eigenvalue weighted by Gasteiger charge is -2.36. The van der Waals surface area contributed by atoms with Crippen molar-refractivity contribution in [3.05, 3.63) is 31.9 Å². The Morgan fingerprint density at radius 2 is 2.05 bits per heavy atom. The molecule has 1 aliphatic carbocycles. The van der Waals surface area contributed by atoms with E-state index in [9.17, 15) is 15.2 Å². The topological polar surface area (TPSA) is 75.4 Å². The van der Waals surface area contributed by atoms with E-state index in [1.165, 1.54) is 25.3 Å². The van der Waals surface area contributed by atoms with Gasteiger partial charge in [0.15, 0.2) is 0 Å². The van der Waals surface area contributed by atoms with E-state index in [0.717, 1.165) is 28.6 Å². The predicted molar refractivity (Wildman–Crippen MR) is 86.9 cm³/mol. The molecule has 1 saturated carbocycles. The molecule has 0 aromatic heterocycles. The molecule has 1 aromatic rings. The maximum absolute atomic E-state index is 10.7. The largest absolute Gasteiger partial charge is 0.396 e. The molecular weight excluding hydrogens is 371 g/mol. The van der Waals surface area contributed by atoms with Gasteiger partial charge in [0, 0.05) is 33.4 Å². The van der Waals surface area contributed by atoms with Crippen LogP contribution in [0.3, 0.4) is 0 Å². The van der Waals surface area contributed by atoms with Crippen LogP contribution in [0.2, 0.25) is 0 Å². The van der Waals surface area contributed by atoms with Gasteiger partial charge in [-0.25, -0.2) is 0 Å². The van der Waals surface area contributed by atoms with E-state index in [2.05, 4.69) is 27.9 Å². The number of halogens is 1. The molecular formula is C14H19IN2O3. The third-order valence-corrected chi connectivity index (χ3v) is 4.96. The first-order chi connectivity index (χ1) is 9.56. The van der Waals surface area contributed by atoms with Gasteiger partial charge in [0.1, 0.15) is 0 Å². The summed E-state index contributed by atoms with van der Waals surface area (Å²) in [6, 6.07) is 4.82. The Hall–Kier alpha value is -0.890. The van der Waals surface area contributed by atoms with Crippen LogP contribution in [0, 0.1) is 19.1 Å². The maximum atomic E-state index is 10.7. The number of aliphatic hydroxyl groups excluding tert-OH is 1. The van der Waals surface area contributed by atoms with Gasteiger partial charge in [0.05, 0.1) is 11.5 Å². The Morgan fingerprint density at radius 1 is 1.35 bits per heavy atom. The number of hydrogen-bond acceptors (Lipinski definition) is 4. The van der Waals surface area contributed by atoms with Crippen molar-refractivity contribution < 1.29 is 10.0 Å². The molecule has 0 radical (unpaired) electrons. The summed E-state index contributed by atoms with van der Waals surface area (Å²) in [6.45, 7) is 0.918. The van der Waals surface area contributed by atoms with E-state index in [4.69, 9.17) is 0 Å². The van der Waals surface area contributed by atoms with Gasteiger partial charge in [-0.2, -0.15) is 0 Å². The zero-order valence-electron chi connectivity index (χ0n) is 11.3. The number of aliphatic hydroxyl groups is 1. The van der Waals surface area contributed by atoms with Crippen molar-refractivity contribution in [3.63, 3.8) is 0 Å². The molecule has 1 fully saturated rings. The summed E-state index contributed by atoms with van der Waals surface area (Å²) in [6.07, 6.45) is 5.66. The van der Waals surface area contributed by atoms with E-state index < -0.39 is 0 Å². The number of nitro benzene ring substituents is 1. The molecule has 1 aromatic carbocycles. The van der Waals surface area contributed by atoms with Crippen molar-refractivity contribution >= 4 is 34.0 Å². The van der Waals surface area contributed by atoms with Crippen LogP contribution in [0.5, 0.6) is 0 Å². The van der Waals surface area contributed by atoms with Crippen LogP contribution in [0.1, 0.15) is 32.1 Å². The summed E-state index contributed by atoms with van der Waals surface area (Å²) in [5.41, 5.74) is 0.965. The average molecular weight is 390 g/mol. The zero-order chi connectivity index (χ0) is 14.6. The van der Waals surface area contributed by atoms with E-state index in [1.807, 2.05) is 0 Å². The lowest BCUT2D eigenvalue weighted by molar-refractivity contribution is -0.384. The first kappa shape index (κ1) is 15.5. The SMILES string of the molecule is O=[N+]([O-])c1ccc(NCC2(CO)CCCCC2)c(I)c1. The summed E-state index contributed by atoms with van der Waals surface area (Å²) < 4.78 is 0.834. The first-order valence-electron chi connectivity index (χ1n) is 6.85. The van der Waals surface area contributed by atoms with E-state index in [-0.39, 0.29) is 22.6 Å². The van der Waals surface area contributed by atoms with Gasteiger partial charge in [-0.1, -0.05) is 19.3 Å². The molecule has 0 aliphatic heterocycles. The standard InChI is InChI=1S/C14H19IN2O3/c15-12-8-11(17(19)20)4-5-13(12)16-9-14(10-18)6-2-1-3-7-14/h4-5,8,16,18H,1-3,6-7,9-10H2. The molecule has 110 valence electrons. The van der Waals surface area contributed by atoms with Crippen molar-refractivity contribution in [1.82, 2.24) is 0 Å². The quantitative estimate of drug-likeness (QED) is 0.458. The fourth-order valence-electron chi connectivity index (χ4n) is 2.74. The smallest absolute Gasteiger partial charge is 0.270 e. The van der Waals surface area contributed by atoms with E-state index in [1.54, 1.807) is 12.1 Å². The fraction of sp³-hybridized carbons (Fsp3) is 0.571. The highest BCUT2D eigenvalue weighted by molar-refractivity contribution is 14.1. The molecule has 20 heavy (non-hydrogen) atoms. The summed E-state index contributed by atoms with van der Waals surface area (Å²) in [5.74, 6) is 0. The minimum absolute atomic E-state index is 0.0386. The molecule has 0 saturated heterocycles. The number of nitrogens with zero attached hydrogens (tertiary/aromatic N) is 1. The molecule has 0 atom stereocenters. The molecule has 0 amide bonds. The van der Waals surface area contributed by atoms with Gasteiger partial charge in [-0.15, -0.1) is 0 Å². The van der Waals surface area contributed by atoms with Gasteiger partial charge < -0.3 is 10.4 Å². The van der Waals surface area contributed by atoms with Gasteiger partial charge in [-0.3, -0.25) is 10.1 Å². The molecule has 0 unspecified atom stereocenters. The van der Waals surface area contributed by atoms with Crippen LogP contribution >= 0.6 is 22.6 Å². The predicted octanol–water partition coefficient (Wildman–Crippen LogP) is 3.55. The van der Waals surface area contributed by atoms with Crippen molar-refractivity contribution in [1.29, 1.82) is 0 Å². The van der Waals surface area contributed by atoms with Crippen LogP contribution in [-0.4, -0.2) is 23.2 Å². The molecule has 1 aliphatic rings. The number of nitrogens with one attached hydrogen (secondary N) is 1. The Kier molecular flexibility index (Phi) is 5.20. The number of benzene rings is 1. The summed E-state index contributed by atoms with van der Waals surface area (Å²) in [7, 11) is 0. The Labute approximate surface area is 132 Å². The minimum Gasteiger partial charge on any atom is -0.396 e. The molecule has 0 heterocycles. The average Bonchev–Trinajstić information content (AvgIpc) is 2.47. The normalized spacial score (nSPS) is 17.7. The number of anilines is 1. The zero-order valence-corrected chi connectivity index (χ0v) is 13.4. The van der Waals surface area contributed by atoms with E-state index in [0.29, 0.717) is 0 Å². The number of rotatable bonds is 5. The second kappa shape index (κ2) is 6.71. The number of nitro groups is 1. The molecule has 5 nitrogen and oxygen atoms in total. The van der Waals surface area contributed by atoms with Crippen molar-refractivity contribution in [2.24, 2.45) is 5.41 Å². The highest BCUT2D eigenvalue weighted by Gasteiger charge is 2.31. The Morgan fingerprint density at radius 3 is 2.60 bits per heavy atom. The highest BCUT2D eigenvalue weighted by Crippen LogP contribution is 2.36. The molecule has 6 heteroatoms. The van der Waals surface area contributed by atoms with Crippen molar-refractivity contribution in [2.45, 2.75) is 32.1 Å². The highest BCUT2D eigenvalue weighted by atomic mass is 127. The Bertz CT molecular complexity index is 487. The summed E-state index contributed by atoms with van der Waals surface area (Å²) in [5, 5.41) is 23.7. The molecule has 2 N–H and O–H groups in total. The first-order valence-corrected chi connectivity index (χ1v) is 7.93. The van der Waals surface area contributed by atoms with Gasteiger partial charge in [0.2, 0.25) is 0 Å². The fourth-order valence-corrected chi connectivity index (χ4v) is 3.43. The van der Waals surface area contributed by atoms with Crippen LogP contribution < -0.4 is 5.32 Å². The third-order valence-electron chi connectivity index (χ3n) is 4.07. The third kappa shape index (κ3) is 3.60. The molecule has 0 bridgehead atoms. The van der Waals surface area contributed by atoms with Gasteiger partial charge in [-0.05, 0) is 41.5 Å². The van der Waals surface area contributed by atoms with Crippen molar-refractivity contribution in [2.75, 3.05) is 18.5 Å². The monoisotopic (exact) mass is 390 g/mol. The summed E-state index contributed by atoms with van der Waals surface area (Å²) in [4.78, 5) is 10.3.